The van der Waals surface area contributed by atoms with Crippen molar-refractivity contribution in [1.82, 2.24) is 4.57 Å². The molecule has 0 atom stereocenters. The molecule has 2 rings (SSSR count). The van der Waals surface area contributed by atoms with E-state index >= 15 is 0 Å². The fourth-order valence-electron chi connectivity index (χ4n) is 1.99. The van der Waals surface area contributed by atoms with Crippen molar-refractivity contribution in [1.29, 1.82) is 0 Å². The summed E-state index contributed by atoms with van der Waals surface area (Å²) in [6.45, 7) is 3.48. The maximum Gasteiger partial charge on any atom is 0.341 e. The largest absolute Gasteiger partial charge is 0.477 e. The van der Waals surface area contributed by atoms with Gasteiger partial charge in [0.2, 0.25) is 5.43 Å². The Morgan fingerprint density at radius 2 is 2.11 bits per heavy atom. The van der Waals surface area contributed by atoms with Gasteiger partial charge < -0.3 is 14.4 Å². The highest BCUT2D eigenvalue weighted by atomic mass is 16.5. The minimum atomic E-state index is -1.21. The predicted molar refractivity (Wildman–Crippen MR) is 71.7 cm³/mol. The van der Waals surface area contributed by atoms with Crippen LogP contribution in [0.3, 0.4) is 0 Å². The second-order valence-corrected chi connectivity index (χ2v) is 4.08. The quantitative estimate of drug-likeness (QED) is 0.832. The summed E-state index contributed by atoms with van der Waals surface area (Å²) in [4.78, 5) is 23.1. The van der Waals surface area contributed by atoms with E-state index < -0.39 is 11.4 Å². The molecule has 1 heterocycles. The van der Waals surface area contributed by atoms with Crippen LogP contribution in [0.15, 0.2) is 35.3 Å². The lowest BCUT2D eigenvalue weighted by atomic mass is 10.1. The second kappa shape index (κ2) is 5.67. The van der Waals surface area contributed by atoms with Gasteiger partial charge in [0.25, 0.3) is 0 Å². The first kappa shape index (κ1) is 13.3. The van der Waals surface area contributed by atoms with Crippen molar-refractivity contribution in [3.05, 3.63) is 46.2 Å². The van der Waals surface area contributed by atoms with Crippen LogP contribution in [-0.4, -0.2) is 28.9 Å². The third kappa shape index (κ3) is 2.66. The van der Waals surface area contributed by atoms with E-state index in [1.165, 1.54) is 6.20 Å². The summed E-state index contributed by atoms with van der Waals surface area (Å²) in [7, 11) is 0. The molecule has 2 aromatic rings. The lowest BCUT2D eigenvalue weighted by molar-refractivity contribution is 0.0694. The van der Waals surface area contributed by atoms with Gasteiger partial charge in [0.05, 0.1) is 12.1 Å². The molecule has 1 aromatic carbocycles. The van der Waals surface area contributed by atoms with Gasteiger partial charge in [0.15, 0.2) is 0 Å². The summed E-state index contributed by atoms with van der Waals surface area (Å²) >= 11 is 0. The van der Waals surface area contributed by atoms with Crippen molar-refractivity contribution in [3.8, 4) is 0 Å². The first-order valence-corrected chi connectivity index (χ1v) is 6.08. The van der Waals surface area contributed by atoms with Crippen molar-refractivity contribution in [2.75, 3.05) is 13.2 Å². The molecule has 1 N–H and O–H groups in total. The number of carbonyl (C=O) groups is 1. The zero-order valence-electron chi connectivity index (χ0n) is 10.6. The topological polar surface area (TPSA) is 68.5 Å². The van der Waals surface area contributed by atoms with Crippen LogP contribution in [0.2, 0.25) is 0 Å². The summed E-state index contributed by atoms with van der Waals surface area (Å²) < 4.78 is 7.02. The molecule has 19 heavy (non-hydrogen) atoms. The Morgan fingerprint density at radius 1 is 1.37 bits per heavy atom. The van der Waals surface area contributed by atoms with Gasteiger partial charge in [0.1, 0.15) is 5.56 Å². The molecule has 0 aliphatic rings. The van der Waals surface area contributed by atoms with E-state index in [4.69, 9.17) is 9.84 Å². The summed E-state index contributed by atoms with van der Waals surface area (Å²) in [5.41, 5.74) is 0.0585. The Balaban J connectivity index is 2.58. The number of rotatable bonds is 5. The molecule has 0 fully saturated rings. The number of aromatic nitrogens is 1. The Labute approximate surface area is 110 Å². The molecule has 1 aromatic heterocycles. The number of hydrogen-bond donors (Lipinski definition) is 1. The molecule has 0 amide bonds. The van der Waals surface area contributed by atoms with Crippen molar-refractivity contribution < 1.29 is 14.6 Å². The number of ether oxygens (including phenoxy) is 1. The fraction of sp³-hybridized carbons (Fsp3) is 0.286. The summed E-state index contributed by atoms with van der Waals surface area (Å²) in [5.74, 6) is -1.21. The number of para-hydroxylation sites is 1. The van der Waals surface area contributed by atoms with E-state index in [2.05, 4.69) is 0 Å². The number of nitrogens with zero attached hydrogens (tertiary/aromatic N) is 1. The molecule has 0 bridgehead atoms. The van der Waals surface area contributed by atoms with E-state index in [0.29, 0.717) is 25.1 Å². The lowest BCUT2D eigenvalue weighted by Crippen LogP contribution is -2.20. The number of pyridine rings is 1. The van der Waals surface area contributed by atoms with Crippen LogP contribution in [0.25, 0.3) is 10.9 Å². The average Bonchev–Trinajstić information content (AvgIpc) is 2.41. The van der Waals surface area contributed by atoms with Crippen LogP contribution in [0.1, 0.15) is 17.3 Å². The molecule has 0 saturated heterocycles. The Kier molecular flexibility index (Phi) is 3.97. The highest BCUT2D eigenvalue weighted by molar-refractivity contribution is 5.92. The highest BCUT2D eigenvalue weighted by Gasteiger charge is 2.13. The molecular weight excluding hydrogens is 246 g/mol. The van der Waals surface area contributed by atoms with Gasteiger partial charge in [-0.25, -0.2) is 4.79 Å². The van der Waals surface area contributed by atoms with Gasteiger partial charge in [-0.05, 0) is 19.1 Å². The molecule has 0 saturated carbocycles. The Hall–Kier alpha value is -2.14. The van der Waals surface area contributed by atoms with Crippen LogP contribution in [0, 0.1) is 0 Å². The third-order valence-corrected chi connectivity index (χ3v) is 2.90. The van der Waals surface area contributed by atoms with Gasteiger partial charge in [0, 0.05) is 24.7 Å². The maximum absolute atomic E-state index is 12.0. The molecular formula is C14H15NO4. The smallest absolute Gasteiger partial charge is 0.341 e. The highest BCUT2D eigenvalue weighted by Crippen LogP contribution is 2.11. The normalized spacial score (nSPS) is 10.8. The van der Waals surface area contributed by atoms with Gasteiger partial charge >= 0.3 is 5.97 Å². The number of aromatic carboxylic acids is 1. The lowest BCUT2D eigenvalue weighted by Gasteiger charge is -2.12. The number of fused-ring (bicyclic) bond motifs is 1. The summed E-state index contributed by atoms with van der Waals surface area (Å²) in [6.07, 6.45) is 1.38. The number of hydrogen-bond acceptors (Lipinski definition) is 3. The minimum absolute atomic E-state index is 0.213. The monoisotopic (exact) mass is 261 g/mol. The van der Waals surface area contributed by atoms with E-state index in [1.807, 2.05) is 13.0 Å². The van der Waals surface area contributed by atoms with E-state index in [1.54, 1.807) is 22.8 Å². The zero-order valence-corrected chi connectivity index (χ0v) is 10.6. The average molecular weight is 261 g/mol. The van der Waals surface area contributed by atoms with E-state index in [0.717, 1.165) is 5.52 Å². The first-order chi connectivity index (χ1) is 9.15. The standard InChI is InChI=1S/C14H15NO4/c1-2-19-8-7-15-9-11(14(17)18)13(16)10-5-3-4-6-12(10)15/h3-6,9H,2,7-8H2,1H3,(H,17,18). The summed E-state index contributed by atoms with van der Waals surface area (Å²) in [5, 5.41) is 9.49. The number of benzene rings is 1. The number of carboxylic acid groups (broad SMARTS) is 1. The molecule has 5 heteroatoms. The van der Waals surface area contributed by atoms with Gasteiger partial charge in [-0.2, -0.15) is 0 Å². The number of carboxylic acids is 1. The van der Waals surface area contributed by atoms with Gasteiger partial charge in [-0.1, -0.05) is 12.1 Å². The SMILES string of the molecule is CCOCCn1cc(C(=O)O)c(=O)c2ccccc21. The van der Waals surface area contributed by atoms with E-state index in [9.17, 15) is 9.59 Å². The van der Waals surface area contributed by atoms with Crippen LogP contribution < -0.4 is 5.43 Å². The van der Waals surface area contributed by atoms with Crippen LogP contribution >= 0.6 is 0 Å². The van der Waals surface area contributed by atoms with Gasteiger partial charge in [-0.3, -0.25) is 4.79 Å². The minimum Gasteiger partial charge on any atom is -0.477 e. The van der Waals surface area contributed by atoms with Crippen LogP contribution in [0.4, 0.5) is 0 Å². The molecule has 5 nitrogen and oxygen atoms in total. The van der Waals surface area contributed by atoms with Crippen molar-refractivity contribution in [3.63, 3.8) is 0 Å². The molecule has 0 radical (unpaired) electrons. The molecule has 0 spiro atoms. The molecule has 100 valence electrons. The fourth-order valence-corrected chi connectivity index (χ4v) is 1.99. The zero-order chi connectivity index (χ0) is 13.8. The second-order valence-electron chi connectivity index (χ2n) is 4.08. The predicted octanol–water partition coefficient (Wildman–Crippen LogP) is 1.74. The third-order valence-electron chi connectivity index (χ3n) is 2.90. The first-order valence-electron chi connectivity index (χ1n) is 6.08. The maximum atomic E-state index is 12.0. The Bertz CT molecular complexity index is 660. The van der Waals surface area contributed by atoms with E-state index in [-0.39, 0.29) is 5.56 Å². The van der Waals surface area contributed by atoms with Crippen LogP contribution in [0.5, 0.6) is 0 Å². The Morgan fingerprint density at radius 3 is 2.79 bits per heavy atom. The van der Waals surface area contributed by atoms with Crippen molar-refractivity contribution in [2.24, 2.45) is 0 Å². The van der Waals surface area contributed by atoms with Gasteiger partial charge in [-0.15, -0.1) is 0 Å². The molecule has 0 aliphatic carbocycles. The van der Waals surface area contributed by atoms with Crippen molar-refractivity contribution in [2.45, 2.75) is 13.5 Å². The molecule has 0 unspecified atom stereocenters. The molecule has 0 aliphatic heterocycles. The van der Waals surface area contributed by atoms with Crippen molar-refractivity contribution >= 4 is 16.9 Å². The summed E-state index contributed by atoms with van der Waals surface area (Å²) in [6, 6.07) is 6.98. The van der Waals surface area contributed by atoms with Crippen LogP contribution in [-0.2, 0) is 11.3 Å².